The molecule has 0 unspecified atom stereocenters. The maximum absolute atomic E-state index is 12.4. The fourth-order valence-electron chi connectivity index (χ4n) is 2.57. The van der Waals surface area contributed by atoms with Crippen LogP contribution in [-0.4, -0.2) is 65.6 Å². The van der Waals surface area contributed by atoms with Crippen molar-refractivity contribution in [3.8, 4) is 11.5 Å². The van der Waals surface area contributed by atoms with Crippen LogP contribution >= 0.6 is 0 Å². The summed E-state index contributed by atoms with van der Waals surface area (Å²) in [5.41, 5.74) is 0.855. The molecule has 8 nitrogen and oxygen atoms in total. The van der Waals surface area contributed by atoms with Crippen molar-refractivity contribution in [3.05, 3.63) is 59.7 Å². The molecule has 0 radical (unpaired) electrons. The summed E-state index contributed by atoms with van der Waals surface area (Å²) in [5, 5.41) is 5.56. The van der Waals surface area contributed by atoms with Crippen molar-refractivity contribution in [3.63, 3.8) is 0 Å². The van der Waals surface area contributed by atoms with E-state index in [2.05, 4.69) is 10.6 Å². The fraction of sp³-hybridized carbons (Fsp3) is 0.364. The Morgan fingerprint density at radius 3 is 1.47 bits per heavy atom. The van der Waals surface area contributed by atoms with Gasteiger partial charge in [0.25, 0.3) is 11.8 Å². The Kier molecular flexibility index (Phi) is 10.2. The van der Waals surface area contributed by atoms with Crippen molar-refractivity contribution in [2.24, 2.45) is 0 Å². The summed E-state index contributed by atoms with van der Waals surface area (Å²) in [6, 6.07) is 13.9. The summed E-state index contributed by atoms with van der Waals surface area (Å²) >= 11 is 0. The molecule has 0 spiro atoms. The molecule has 2 N–H and O–H groups in total. The molecule has 0 aliphatic carbocycles. The maximum atomic E-state index is 12.4. The van der Waals surface area contributed by atoms with Gasteiger partial charge in [-0.2, -0.15) is 0 Å². The summed E-state index contributed by atoms with van der Waals surface area (Å²) < 4.78 is 21.1. The number of carbonyl (C=O) groups excluding carboxylic acids is 2. The zero-order chi connectivity index (χ0) is 21.6. The summed E-state index contributed by atoms with van der Waals surface area (Å²) in [7, 11) is 3.17. The number of amides is 2. The Morgan fingerprint density at radius 1 is 0.667 bits per heavy atom. The molecule has 30 heavy (non-hydrogen) atoms. The third kappa shape index (κ3) is 7.38. The van der Waals surface area contributed by atoms with Crippen LogP contribution in [0.25, 0.3) is 0 Å². The highest BCUT2D eigenvalue weighted by atomic mass is 16.5. The second kappa shape index (κ2) is 13.2. The summed E-state index contributed by atoms with van der Waals surface area (Å²) in [5.74, 6) is 0.414. The minimum absolute atomic E-state index is 0.268. The van der Waals surface area contributed by atoms with Crippen LogP contribution in [0.1, 0.15) is 20.7 Å². The van der Waals surface area contributed by atoms with Crippen molar-refractivity contribution in [2.45, 2.75) is 0 Å². The number of benzene rings is 2. The molecule has 0 aliphatic heterocycles. The second-order valence-electron chi connectivity index (χ2n) is 6.19. The van der Waals surface area contributed by atoms with E-state index in [1.165, 1.54) is 0 Å². The Balaban J connectivity index is 1.83. The van der Waals surface area contributed by atoms with Gasteiger partial charge in [0.2, 0.25) is 0 Å². The fourth-order valence-corrected chi connectivity index (χ4v) is 2.57. The number of para-hydroxylation sites is 2. The highest BCUT2D eigenvalue weighted by Crippen LogP contribution is 2.18. The third-order valence-corrected chi connectivity index (χ3v) is 4.05. The summed E-state index contributed by atoms with van der Waals surface area (Å²) in [4.78, 5) is 24.9. The van der Waals surface area contributed by atoms with Gasteiger partial charge >= 0.3 is 0 Å². The Bertz CT molecular complexity index is 744. The molecule has 162 valence electrons. The summed E-state index contributed by atoms with van der Waals surface area (Å²) in [6.07, 6.45) is 0. The van der Waals surface area contributed by atoms with Crippen LogP contribution in [0.4, 0.5) is 0 Å². The van der Waals surface area contributed by atoms with Gasteiger partial charge in [0.05, 0.1) is 24.3 Å². The van der Waals surface area contributed by atoms with Crippen LogP contribution in [0.15, 0.2) is 48.5 Å². The maximum Gasteiger partial charge on any atom is 0.255 e. The van der Waals surface area contributed by atoms with Gasteiger partial charge < -0.3 is 29.6 Å². The predicted octanol–water partition coefficient (Wildman–Crippen LogP) is 1.90. The van der Waals surface area contributed by atoms with Crippen LogP contribution in [-0.2, 0) is 9.47 Å². The highest BCUT2D eigenvalue weighted by molar-refractivity contribution is 5.97. The van der Waals surface area contributed by atoms with Gasteiger partial charge in [0.1, 0.15) is 24.7 Å². The van der Waals surface area contributed by atoms with Gasteiger partial charge in [0.15, 0.2) is 0 Å². The predicted molar refractivity (Wildman–Crippen MR) is 112 cm³/mol. The number of ether oxygens (including phenoxy) is 4. The van der Waals surface area contributed by atoms with E-state index in [9.17, 15) is 9.59 Å². The number of methoxy groups -OCH3 is 2. The van der Waals surface area contributed by atoms with Crippen molar-refractivity contribution in [1.82, 2.24) is 10.6 Å². The molecule has 0 fully saturated rings. The normalized spacial score (nSPS) is 10.3. The standard InChI is InChI=1S/C22H28N2O6/c1-27-13-15-29-19-9-5-3-7-17(19)21(25)23-11-12-24-22(26)18-8-4-6-10-20(18)30-16-14-28-2/h3-10H,11-16H2,1-2H3,(H,23,25)(H,24,26). The van der Waals surface area contributed by atoms with E-state index >= 15 is 0 Å². The molecule has 0 aliphatic rings. The van der Waals surface area contributed by atoms with E-state index in [0.717, 1.165) is 0 Å². The molecule has 0 bridgehead atoms. The molecule has 0 heterocycles. The molecule has 0 atom stereocenters. The molecule has 0 saturated heterocycles. The largest absolute Gasteiger partial charge is 0.490 e. The topological polar surface area (TPSA) is 95.1 Å². The molecule has 2 aromatic carbocycles. The van der Waals surface area contributed by atoms with Crippen molar-refractivity contribution < 1.29 is 28.5 Å². The van der Waals surface area contributed by atoms with Gasteiger partial charge in [-0.3, -0.25) is 9.59 Å². The van der Waals surface area contributed by atoms with Crippen LogP contribution in [0.5, 0.6) is 11.5 Å². The van der Waals surface area contributed by atoms with Gasteiger partial charge in [-0.1, -0.05) is 24.3 Å². The third-order valence-electron chi connectivity index (χ3n) is 4.05. The lowest BCUT2D eigenvalue weighted by Gasteiger charge is -2.13. The number of carbonyl (C=O) groups is 2. The lowest BCUT2D eigenvalue weighted by molar-refractivity contribution is 0.0919. The van der Waals surface area contributed by atoms with Gasteiger partial charge in [0, 0.05) is 27.3 Å². The van der Waals surface area contributed by atoms with Crippen molar-refractivity contribution >= 4 is 11.8 Å². The van der Waals surface area contributed by atoms with E-state index in [1.807, 2.05) is 0 Å². The van der Waals surface area contributed by atoms with Gasteiger partial charge in [-0.05, 0) is 24.3 Å². The second-order valence-corrected chi connectivity index (χ2v) is 6.19. The van der Waals surface area contributed by atoms with E-state index in [-0.39, 0.29) is 24.9 Å². The Labute approximate surface area is 176 Å². The number of hydrogen-bond donors (Lipinski definition) is 2. The average molecular weight is 416 g/mol. The van der Waals surface area contributed by atoms with E-state index in [1.54, 1.807) is 62.8 Å². The van der Waals surface area contributed by atoms with Gasteiger partial charge in [-0.25, -0.2) is 0 Å². The number of rotatable bonds is 13. The molecule has 2 rings (SSSR count). The smallest absolute Gasteiger partial charge is 0.255 e. The van der Waals surface area contributed by atoms with Crippen LogP contribution in [0.2, 0.25) is 0 Å². The zero-order valence-corrected chi connectivity index (χ0v) is 17.3. The molecule has 0 saturated carbocycles. The quantitative estimate of drug-likeness (QED) is 0.484. The van der Waals surface area contributed by atoms with Crippen LogP contribution in [0.3, 0.4) is 0 Å². The first-order valence-electron chi connectivity index (χ1n) is 9.65. The van der Waals surface area contributed by atoms with Crippen molar-refractivity contribution in [2.75, 3.05) is 53.7 Å². The van der Waals surface area contributed by atoms with E-state index in [4.69, 9.17) is 18.9 Å². The van der Waals surface area contributed by atoms with E-state index < -0.39 is 0 Å². The molecule has 8 heteroatoms. The molecule has 2 aromatic rings. The highest BCUT2D eigenvalue weighted by Gasteiger charge is 2.13. The summed E-state index contributed by atoms with van der Waals surface area (Å²) in [6.45, 7) is 2.09. The van der Waals surface area contributed by atoms with E-state index in [0.29, 0.717) is 49.1 Å². The molecule has 0 aromatic heterocycles. The van der Waals surface area contributed by atoms with Crippen molar-refractivity contribution in [1.29, 1.82) is 0 Å². The number of nitrogens with one attached hydrogen (secondary N) is 2. The monoisotopic (exact) mass is 416 g/mol. The molecule has 2 amide bonds. The Morgan fingerprint density at radius 2 is 1.07 bits per heavy atom. The number of hydrogen-bond acceptors (Lipinski definition) is 6. The Hall–Kier alpha value is -3.10. The first kappa shape index (κ1) is 23.2. The zero-order valence-electron chi connectivity index (χ0n) is 17.3. The average Bonchev–Trinajstić information content (AvgIpc) is 2.77. The lowest BCUT2D eigenvalue weighted by Crippen LogP contribution is -2.35. The van der Waals surface area contributed by atoms with Gasteiger partial charge in [-0.15, -0.1) is 0 Å². The molecular formula is C22H28N2O6. The van der Waals surface area contributed by atoms with Crippen LogP contribution < -0.4 is 20.1 Å². The van der Waals surface area contributed by atoms with Crippen LogP contribution in [0, 0.1) is 0 Å². The minimum atomic E-state index is -0.277. The SMILES string of the molecule is COCCOc1ccccc1C(=O)NCCNC(=O)c1ccccc1OCCOC. The first-order chi connectivity index (χ1) is 14.7. The first-order valence-corrected chi connectivity index (χ1v) is 9.65. The minimum Gasteiger partial charge on any atom is -0.490 e. The lowest BCUT2D eigenvalue weighted by atomic mass is 10.2. The molecular weight excluding hydrogens is 388 g/mol.